The minimum atomic E-state index is -0.404. The molecule has 0 aliphatic carbocycles. The number of nitrogens with one attached hydrogen (secondary N) is 1. The number of nitrogens with two attached hydrogens (primary N) is 1. The molecule has 0 saturated heterocycles. The van der Waals surface area contributed by atoms with Gasteiger partial charge in [0.1, 0.15) is 0 Å². The van der Waals surface area contributed by atoms with Crippen molar-refractivity contribution in [1.82, 2.24) is 5.32 Å². The summed E-state index contributed by atoms with van der Waals surface area (Å²) in [5.74, 6) is -0.805. The molecule has 3 N–H and O–H groups in total. The highest BCUT2D eigenvalue weighted by Crippen LogP contribution is 2.09. The second-order valence-corrected chi connectivity index (χ2v) is 4.35. The van der Waals surface area contributed by atoms with E-state index in [1.807, 2.05) is 18.2 Å². The second kappa shape index (κ2) is 6.63. The Hall–Kier alpha value is -2.46. The molecule has 0 aliphatic rings. The Kier molecular flexibility index (Phi) is 4.63. The van der Waals surface area contributed by atoms with Crippen LogP contribution in [0.25, 0.3) is 0 Å². The van der Waals surface area contributed by atoms with Gasteiger partial charge in [-0.3, -0.25) is 14.9 Å². The number of imide groups is 1. The van der Waals surface area contributed by atoms with E-state index in [1.54, 1.807) is 36.4 Å². The van der Waals surface area contributed by atoms with Crippen LogP contribution in [0.4, 0.5) is 0 Å². The van der Waals surface area contributed by atoms with E-state index in [4.69, 9.17) is 5.73 Å². The first-order valence-corrected chi connectivity index (χ1v) is 6.41. The Morgan fingerprint density at radius 1 is 0.900 bits per heavy atom. The zero-order chi connectivity index (χ0) is 14.4. The third kappa shape index (κ3) is 3.30. The molecule has 4 nitrogen and oxygen atoms in total. The van der Waals surface area contributed by atoms with Crippen LogP contribution in [0.2, 0.25) is 0 Å². The van der Waals surface area contributed by atoms with Crippen LogP contribution in [-0.4, -0.2) is 18.4 Å². The lowest BCUT2D eigenvalue weighted by Gasteiger charge is -2.08. The van der Waals surface area contributed by atoms with Crippen LogP contribution in [0.15, 0.2) is 54.6 Å². The molecule has 2 amide bonds. The topological polar surface area (TPSA) is 72.2 Å². The zero-order valence-electron chi connectivity index (χ0n) is 11.0. The van der Waals surface area contributed by atoms with Gasteiger partial charge in [-0.2, -0.15) is 0 Å². The van der Waals surface area contributed by atoms with Gasteiger partial charge in [-0.15, -0.1) is 0 Å². The smallest absolute Gasteiger partial charge is 0.258 e. The normalized spacial score (nSPS) is 10.1. The standard InChI is InChI=1S/C16H16N2O2/c17-11-10-12-6-4-5-9-14(12)16(20)18-15(19)13-7-2-1-3-8-13/h1-9H,10-11,17H2,(H,18,19,20). The molecular weight excluding hydrogens is 252 g/mol. The minimum Gasteiger partial charge on any atom is -0.330 e. The fourth-order valence-electron chi connectivity index (χ4n) is 1.95. The van der Waals surface area contributed by atoms with Gasteiger partial charge in [-0.1, -0.05) is 36.4 Å². The molecule has 2 aromatic rings. The lowest BCUT2D eigenvalue weighted by Crippen LogP contribution is -2.31. The van der Waals surface area contributed by atoms with E-state index >= 15 is 0 Å². The van der Waals surface area contributed by atoms with Gasteiger partial charge < -0.3 is 5.73 Å². The minimum absolute atomic E-state index is 0.400. The number of amides is 2. The summed E-state index contributed by atoms with van der Waals surface area (Å²) >= 11 is 0. The number of benzene rings is 2. The van der Waals surface area contributed by atoms with Gasteiger partial charge >= 0.3 is 0 Å². The molecule has 0 unspecified atom stereocenters. The van der Waals surface area contributed by atoms with E-state index in [-0.39, 0.29) is 0 Å². The van der Waals surface area contributed by atoms with Crippen molar-refractivity contribution in [2.45, 2.75) is 6.42 Å². The van der Waals surface area contributed by atoms with Crippen LogP contribution >= 0.6 is 0 Å². The van der Waals surface area contributed by atoms with Gasteiger partial charge in [0.15, 0.2) is 0 Å². The number of hydrogen-bond acceptors (Lipinski definition) is 3. The van der Waals surface area contributed by atoms with Crippen LogP contribution in [0.5, 0.6) is 0 Å². The lowest BCUT2D eigenvalue weighted by atomic mass is 10.0. The van der Waals surface area contributed by atoms with E-state index in [0.717, 1.165) is 5.56 Å². The third-order valence-electron chi connectivity index (χ3n) is 2.94. The first-order chi connectivity index (χ1) is 9.72. The van der Waals surface area contributed by atoms with Crippen molar-refractivity contribution in [3.8, 4) is 0 Å². The molecule has 0 spiro atoms. The van der Waals surface area contributed by atoms with Gasteiger partial charge in [0, 0.05) is 11.1 Å². The van der Waals surface area contributed by atoms with Crippen molar-refractivity contribution >= 4 is 11.8 Å². The average molecular weight is 268 g/mol. The first kappa shape index (κ1) is 14.0. The number of carbonyl (C=O) groups is 2. The van der Waals surface area contributed by atoms with E-state index in [2.05, 4.69) is 5.32 Å². The SMILES string of the molecule is NCCc1ccccc1C(=O)NC(=O)c1ccccc1. The highest BCUT2D eigenvalue weighted by Gasteiger charge is 2.14. The molecule has 0 saturated carbocycles. The molecular formula is C16H16N2O2. The van der Waals surface area contributed by atoms with Crippen molar-refractivity contribution in [3.63, 3.8) is 0 Å². The summed E-state index contributed by atoms with van der Waals surface area (Å²) in [6.45, 7) is 0.455. The number of hydrogen-bond donors (Lipinski definition) is 2. The van der Waals surface area contributed by atoms with Gasteiger partial charge in [0.05, 0.1) is 0 Å². The molecule has 0 bridgehead atoms. The van der Waals surface area contributed by atoms with E-state index in [9.17, 15) is 9.59 Å². The van der Waals surface area contributed by atoms with Gasteiger partial charge in [-0.05, 0) is 36.7 Å². The number of rotatable bonds is 4. The van der Waals surface area contributed by atoms with Crippen LogP contribution in [-0.2, 0) is 6.42 Å². The van der Waals surface area contributed by atoms with Crippen LogP contribution in [0, 0.1) is 0 Å². The van der Waals surface area contributed by atoms with Crippen LogP contribution < -0.4 is 11.1 Å². The maximum atomic E-state index is 12.2. The van der Waals surface area contributed by atoms with Crippen molar-refractivity contribution in [1.29, 1.82) is 0 Å². The van der Waals surface area contributed by atoms with E-state index in [0.29, 0.717) is 24.1 Å². The summed E-state index contributed by atoms with van der Waals surface area (Å²) in [4.78, 5) is 24.1. The molecule has 102 valence electrons. The molecule has 0 heterocycles. The van der Waals surface area contributed by atoms with Crippen molar-refractivity contribution < 1.29 is 9.59 Å². The molecule has 0 atom stereocenters. The third-order valence-corrected chi connectivity index (χ3v) is 2.94. The molecule has 2 aromatic carbocycles. The highest BCUT2D eigenvalue weighted by molar-refractivity contribution is 6.10. The van der Waals surface area contributed by atoms with Gasteiger partial charge in [0.2, 0.25) is 0 Å². The Bertz CT molecular complexity index is 609. The Morgan fingerprint density at radius 3 is 2.25 bits per heavy atom. The average Bonchev–Trinajstić information content (AvgIpc) is 2.49. The quantitative estimate of drug-likeness (QED) is 0.830. The summed E-state index contributed by atoms with van der Waals surface area (Å²) < 4.78 is 0. The summed E-state index contributed by atoms with van der Waals surface area (Å²) in [7, 11) is 0. The molecule has 20 heavy (non-hydrogen) atoms. The molecule has 2 rings (SSSR count). The summed E-state index contributed by atoms with van der Waals surface area (Å²) in [5, 5.41) is 2.39. The maximum absolute atomic E-state index is 12.2. The zero-order valence-corrected chi connectivity index (χ0v) is 11.0. The molecule has 0 aliphatic heterocycles. The van der Waals surface area contributed by atoms with E-state index < -0.39 is 11.8 Å². The molecule has 0 fully saturated rings. The monoisotopic (exact) mass is 268 g/mol. The largest absolute Gasteiger partial charge is 0.330 e. The molecule has 0 radical (unpaired) electrons. The maximum Gasteiger partial charge on any atom is 0.258 e. The number of carbonyl (C=O) groups excluding carboxylic acids is 2. The van der Waals surface area contributed by atoms with Crippen molar-refractivity contribution in [2.75, 3.05) is 6.54 Å². The Morgan fingerprint density at radius 2 is 1.55 bits per heavy atom. The highest BCUT2D eigenvalue weighted by atomic mass is 16.2. The predicted octanol–water partition coefficient (Wildman–Crippen LogP) is 1.76. The summed E-state index contributed by atoms with van der Waals surface area (Å²) in [6, 6.07) is 15.8. The lowest BCUT2D eigenvalue weighted by molar-refractivity contribution is 0.0849. The Labute approximate surface area is 117 Å². The van der Waals surface area contributed by atoms with Crippen molar-refractivity contribution in [3.05, 3.63) is 71.3 Å². The first-order valence-electron chi connectivity index (χ1n) is 6.41. The summed E-state index contributed by atoms with van der Waals surface area (Å²) in [5.41, 5.74) is 7.31. The van der Waals surface area contributed by atoms with Crippen LogP contribution in [0.1, 0.15) is 26.3 Å². The van der Waals surface area contributed by atoms with Gasteiger partial charge in [-0.25, -0.2) is 0 Å². The second-order valence-electron chi connectivity index (χ2n) is 4.35. The fourth-order valence-corrected chi connectivity index (χ4v) is 1.95. The van der Waals surface area contributed by atoms with E-state index in [1.165, 1.54) is 0 Å². The molecule has 4 heteroatoms. The summed E-state index contributed by atoms with van der Waals surface area (Å²) in [6.07, 6.45) is 0.600. The van der Waals surface area contributed by atoms with Crippen LogP contribution in [0.3, 0.4) is 0 Å². The fraction of sp³-hybridized carbons (Fsp3) is 0.125. The molecule has 0 aromatic heterocycles. The van der Waals surface area contributed by atoms with Gasteiger partial charge in [0.25, 0.3) is 11.8 Å². The predicted molar refractivity (Wildman–Crippen MR) is 77.4 cm³/mol. The Balaban J connectivity index is 2.15. The van der Waals surface area contributed by atoms with Crippen molar-refractivity contribution in [2.24, 2.45) is 5.73 Å².